The maximum atomic E-state index is 2.32. The van der Waals surface area contributed by atoms with Crippen molar-refractivity contribution in [1.29, 1.82) is 0 Å². The molecule has 0 heterocycles. The van der Waals surface area contributed by atoms with E-state index >= 15 is 0 Å². The van der Waals surface area contributed by atoms with Gasteiger partial charge in [-0.05, 0) is 37.4 Å². The number of thioether (sulfide) groups is 1. The van der Waals surface area contributed by atoms with Crippen LogP contribution in [0, 0.1) is 0 Å². The van der Waals surface area contributed by atoms with Crippen LogP contribution in [0.15, 0.2) is 24.3 Å². The van der Waals surface area contributed by atoms with Crippen LogP contribution in [0.25, 0.3) is 0 Å². The number of rotatable bonds is 6. The Labute approximate surface area is 97.9 Å². The summed E-state index contributed by atoms with van der Waals surface area (Å²) in [4.78, 5) is 2.21. The van der Waals surface area contributed by atoms with Crippen LogP contribution in [0.4, 0.5) is 0 Å². The molecule has 0 atom stereocenters. The normalized spacial score (nSPS) is 10.9. The van der Waals surface area contributed by atoms with Gasteiger partial charge in [0, 0.05) is 12.3 Å². The van der Waals surface area contributed by atoms with Crippen LogP contribution in [0.2, 0.25) is 0 Å². The molecule has 0 aliphatic heterocycles. The van der Waals surface area contributed by atoms with Crippen molar-refractivity contribution in [3.8, 4) is 0 Å². The first-order chi connectivity index (χ1) is 7.22. The van der Waals surface area contributed by atoms with Gasteiger partial charge in [0.05, 0.1) is 0 Å². The Morgan fingerprint density at radius 2 is 1.93 bits per heavy atom. The molecule has 1 aromatic carbocycles. The zero-order valence-corrected chi connectivity index (χ0v) is 10.8. The van der Waals surface area contributed by atoms with E-state index in [1.54, 1.807) is 0 Å². The zero-order valence-electron chi connectivity index (χ0n) is 9.99. The summed E-state index contributed by atoms with van der Waals surface area (Å²) >= 11 is 2.02. The molecule has 0 saturated carbocycles. The molecule has 2 heteroatoms. The molecule has 15 heavy (non-hydrogen) atoms. The van der Waals surface area contributed by atoms with E-state index < -0.39 is 0 Å². The second kappa shape index (κ2) is 6.91. The van der Waals surface area contributed by atoms with E-state index in [2.05, 4.69) is 50.2 Å². The fourth-order valence-electron chi connectivity index (χ4n) is 1.52. The monoisotopic (exact) mass is 223 g/mol. The van der Waals surface area contributed by atoms with Crippen LogP contribution in [-0.4, -0.2) is 24.7 Å². The quantitative estimate of drug-likeness (QED) is 0.680. The van der Waals surface area contributed by atoms with Gasteiger partial charge in [0.1, 0.15) is 0 Å². The molecule has 0 aliphatic rings. The smallest absolute Gasteiger partial charge is 0.0227 e. The lowest BCUT2D eigenvalue weighted by Crippen LogP contribution is -2.10. The van der Waals surface area contributed by atoms with Crippen LogP contribution in [0.3, 0.4) is 0 Å². The molecule has 0 aromatic heterocycles. The lowest BCUT2D eigenvalue weighted by molar-refractivity contribution is 0.402. The fourth-order valence-corrected chi connectivity index (χ4v) is 2.37. The van der Waals surface area contributed by atoms with E-state index in [0.717, 1.165) is 12.3 Å². The third-order valence-corrected chi connectivity index (χ3v) is 3.34. The van der Waals surface area contributed by atoms with Crippen LogP contribution in [-0.2, 0) is 12.3 Å². The molecule has 0 bridgehead atoms. The molecule has 0 N–H and O–H groups in total. The fraction of sp³-hybridized carbons (Fsp3) is 0.538. The van der Waals surface area contributed by atoms with Gasteiger partial charge in [0.15, 0.2) is 0 Å². The first kappa shape index (κ1) is 12.6. The van der Waals surface area contributed by atoms with Gasteiger partial charge in [-0.1, -0.05) is 31.2 Å². The van der Waals surface area contributed by atoms with Gasteiger partial charge in [0.25, 0.3) is 0 Å². The number of hydrogen-bond acceptors (Lipinski definition) is 2. The van der Waals surface area contributed by atoms with E-state index in [1.165, 1.54) is 23.3 Å². The van der Waals surface area contributed by atoms with Crippen LogP contribution >= 0.6 is 11.8 Å². The average Bonchev–Trinajstić information content (AvgIpc) is 2.18. The highest BCUT2D eigenvalue weighted by Gasteiger charge is 1.97. The Morgan fingerprint density at radius 3 is 2.60 bits per heavy atom. The van der Waals surface area contributed by atoms with Gasteiger partial charge < -0.3 is 4.90 Å². The predicted molar refractivity (Wildman–Crippen MR) is 70.3 cm³/mol. The molecule has 0 radical (unpaired) electrons. The largest absolute Gasteiger partial charge is 0.305 e. The summed E-state index contributed by atoms with van der Waals surface area (Å²) in [6, 6.07) is 8.92. The minimum Gasteiger partial charge on any atom is -0.305 e. The summed E-state index contributed by atoms with van der Waals surface area (Å²) in [5.41, 5.74) is 2.86. The first-order valence-electron chi connectivity index (χ1n) is 5.52. The Bertz CT molecular complexity index is 284. The van der Waals surface area contributed by atoms with Crippen molar-refractivity contribution in [2.45, 2.75) is 25.6 Å². The Hall–Kier alpha value is -0.470. The van der Waals surface area contributed by atoms with E-state index in [0.29, 0.717) is 0 Å². The maximum absolute atomic E-state index is 2.32. The van der Waals surface area contributed by atoms with Gasteiger partial charge in [-0.3, -0.25) is 0 Å². The molecule has 1 rings (SSSR count). The van der Waals surface area contributed by atoms with E-state index in [9.17, 15) is 0 Å². The third kappa shape index (κ3) is 5.24. The molecule has 84 valence electrons. The predicted octanol–water partition coefficient (Wildman–Crippen LogP) is 3.39. The van der Waals surface area contributed by atoms with Crippen LogP contribution < -0.4 is 0 Å². The van der Waals surface area contributed by atoms with Crippen molar-refractivity contribution in [1.82, 2.24) is 4.90 Å². The number of hydrogen-bond donors (Lipinski definition) is 0. The molecule has 1 aromatic rings. The highest BCUT2D eigenvalue weighted by atomic mass is 32.2. The van der Waals surface area contributed by atoms with Crippen molar-refractivity contribution >= 4 is 11.8 Å². The van der Waals surface area contributed by atoms with Gasteiger partial charge in [0.2, 0.25) is 0 Å². The van der Waals surface area contributed by atoms with Gasteiger partial charge in [-0.25, -0.2) is 0 Å². The maximum Gasteiger partial charge on any atom is 0.0227 e. The second-order valence-electron chi connectivity index (χ2n) is 4.11. The summed E-state index contributed by atoms with van der Waals surface area (Å²) in [6.07, 6.45) is 1.27. The van der Waals surface area contributed by atoms with Crippen molar-refractivity contribution in [2.24, 2.45) is 0 Å². The van der Waals surface area contributed by atoms with E-state index in [1.807, 2.05) is 11.8 Å². The van der Waals surface area contributed by atoms with Crippen LogP contribution in [0.1, 0.15) is 24.5 Å². The summed E-state index contributed by atoms with van der Waals surface area (Å²) in [7, 11) is 4.22. The Morgan fingerprint density at radius 1 is 1.20 bits per heavy atom. The Balaban J connectivity index is 2.50. The molecule has 0 spiro atoms. The molecule has 0 amide bonds. The van der Waals surface area contributed by atoms with Crippen molar-refractivity contribution in [3.05, 3.63) is 35.4 Å². The number of benzene rings is 1. The molecule has 0 unspecified atom stereocenters. The lowest BCUT2D eigenvalue weighted by atomic mass is 10.1. The molecule has 1 nitrogen and oxygen atoms in total. The van der Waals surface area contributed by atoms with Crippen molar-refractivity contribution in [2.75, 3.05) is 19.8 Å². The summed E-state index contributed by atoms with van der Waals surface area (Å²) < 4.78 is 0. The highest BCUT2D eigenvalue weighted by Crippen LogP contribution is 2.15. The molecule has 0 fully saturated rings. The minimum atomic E-state index is 1.03. The third-order valence-electron chi connectivity index (χ3n) is 2.11. The lowest BCUT2D eigenvalue weighted by Gasteiger charge is -2.10. The van der Waals surface area contributed by atoms with Gasteiger partial charge in [-0.2, -0.15) is 11.8 Å². The van der Waals surface area contributed by atoms with E-state index in [4.69, 9.17) is 0 Å². The molecule has 0 aliphatic carbocycles. The summed E-state index contributed by atoms with van der Waals surface area (Å²) in [5, 5.41) is 0. The molecular weight excluding hydrogens is 202 g/mol. The topological polar surface area (TPSA) is 3.24 Å². The standard InChI is InChI=1S/C13H21NS/c1-4-8-15-11-13-7-5-6-12(9-13)10-14(2)3/h5-7,9H,4,8,10-11H2,1-3H3. The Kier molecular flexibility index (Phi) is 5.81. The summed E-state index contributed by atoms with van der Waals surface area (Å²) in [6.45, 7) is 3.27. The summed E-state index contributed by atoms with van der Waals surface area (Å²) in [5.74, 6) is 2.41. The van der Waals surface area contributed by atoms with Gasteiger partial charge >= 0.3 is 0 Å². The highest BCUT2D eigenvalue weighted by molar-refractivity contribution is 7.98. The first-order valence-corrected chi connectivity index (χ1v) is 6.68. The minimum absolute atomic E-state index is 1.03. The average molecular weight is 223 g/mol. The van der Waals surface area contributed by atoms with E-state index in [-0.39, 0.29) is 0 Å². The molecule has 0 saturated heterocycles. The van der Waals surface area contributed by atoms with Gasteiger partial charge in [-0.15, -0.1) is 0 Å². The molecular formula is C13H21NS. The zero-order chi connectivity index (χ0) is 11.1. The van der Waals surface area contributed by atoms with Crippen molar-refractivity contribution in [3.63, 3.8) is 0 Å². The SMILES string of the molecule is CCCSCc1cccc(CN(C)C)c1. The number of nitrogens with zero attached hydrogens (tertiary/aromatic N) is 1. The van der Waals surface area contributed by atoms with Crippen molar-refractivity contribution < 1.29 is 0 Å². The second-order valence-corrected chi connectivity index (χ2v) is 5.22. The van der Waals surface area contributed by atoms with Crippen LogP contribution in [0.5, 0.6) is 0 Å².